The molecule has 0 spiro atoms. The minimum Gasteiger partial charge on any atom is -0.329 e. The van der Waals surface area contributed by atoms with Crippen molar-refractivity contribution >= 4 is 0 Å². The monoisotopic (exact) mass is 257 g/mol. The smallest absolute Gasteiger partial charge is 0.123 e. The van der Waals surface area contributed by atoms with Gasteiger partial charge in [-0.25, -0.2) is 4.39 Å². The van der Waals surface area contributed by atoms with Gasteiger partial charge < -0.3 is 5.73 Å². The first kappa shape index (κ1) is 12.3. The van der Waals surface area contributed by atoms with Crippen molar-refractivity contribution < 1.29 is 4.39 Å². The van der Waals surface area contributed by atoms with Crippen LogP contribution in [0.15, 0.2) is 42.7 Å². The molecule has 2 N–H and O–H groups in total. The number of hydrogen-bond donors (Lipinski definition) is 1. The van der Waals surface area contributed by atoms with Crippen LogP contribution in [0.4, 0.5) is 4.39 Å². The highest BCUT2D eigenvalue weighted by Crippen LogP contribution is 2.34. The van der Waals surface area contributed by atoms with Crippen LogP contribution in [0.5, 0.6) is 0 Å². The minimum absolute atomic E-state index is 0.0962. The van der Waals surface area contributed by atoms with E-state index in [9.17, 15) is 4.39 Å². The quantitative estimate of drug-likeness (QED) is 0.917. The number of halogens is 1. The fraction of sp³-hybridized carbons (Fsp3) is 0.267. The van der Waals surface area contributed by atoms with E-state index in [1.54, 1.807) is 18.5 Å². The molecule has 1 atom stereocenters. The van der Waals surface area contributed by atoms with Crippen LogP contribution < -0.4 is 5.73 Å². The summed E-state index contributed by atoms with van der Waals surface area (Å²) < 4.78 is 13.4. The highest BCUT2D eigenvalue weighted by atomic mass is 19.1. The van der Waals surface area contributed by atoms with Crippen LogP contribution in [0.25, 0.3) is 0 Å². The summed E-state index contributed by atoms with van der Waals surface area (Å²) in [5.74, 6) is -0.192. The summed E-state index contributed by atoms with van der Waals surface area (Å²) in [5, 5.41) is 0. The fourth-order valence-electron chi connectivity index (χ4n) is 2.71. The van der Waals surface area contributed by atoms with Gasteiger partial charge >= 0.3 is 0 Å². The number of benzene rings is 1. The average Bonchev–Trinajstić information content (AvgIpc) is 2.76. The predicted molar refractivity (Wildman–Crippen MR) is 71.7 cm³/mol. The number of hydrogen-bond acceptors (Lipinski definition) is 3. The zero-order valence-electron chi connectivity index (χ0n) is 10.6. The lowest BCUT2D eigenvalue weighted by molar-refractivity contribution is 0.211. The van der Waals surface area contributed by atoms with Crippen molar-refractivity contribution in [2.24, 2.45) is 5.73 Å². The van der Waals surface area contributed by atoms with E-state index >= 15 is 0 Å². The molecule has 2 aromatic rings. The Bertz CT molecular complexity index is 571. The molecule has 1 aromatic carbocycles. The number of nitrogens with two attached hydrogens (primary N) is 1. The number of nitrogens with zero attached hydrogens (tertiary/aromatic N) is 2. The van der Waals surface area contributed by atoms with Crippen molar-refractivity contribution in [3.05, 3.63) is 65.2 Å². The average molecular weight is 257 g/mol. The van der Waals surface area contributed by atoms with E-state index in [1.165, 1.54) is 17.2 Å². The molecule has 0 saturated carbocycles. The van der Waals surface area contributed by atoms with Crippen molar-refractivity contribution in [1.82, 2.24) is 9.88 Å². The summed E-state index contributed by atoms with van der Waals surface area (Å²) in [6.07, 6.45) is 3.57. The van der Waals surface area contributed by atoms with Crippen molar-refractivity contribution in [3.8, 4) is 0 Å². The number of pyridine rings is 1. The second-order valence-electron chi connectivity index (χ2n) is 4.86. The summed E-state index contributed by atoms with van der Waals surface area (Å²) in [6.45, 7) is 2.13. The van der Waals surface area contributed by atoms with Gasteiger partial charge in [-0.1, -0.05) is 6.07 Å². The molecular formula is C15H16FN3. The highest BCUT2D eigenvalue weighted by molar-refractivity contribution is 5.35. The summed E-state index contributed by atoms with van der Waals surface area (Å²) in [6, 6.07) is 9.08. The fourth-order valence-corrected chi connectivity index (χ4v) is 2.71. The Hall–Kier alpha value is -1.78. The third kappa shape index (κ3) is 2.37. The van der Waals surface area contributed by atoms with Crippen LogP contribution in [-0.4, -0.2) is 16.4 Å². The Labute approximate surface area is 111 Å². The number of rotatable bonds is 3. The van der Waals surface area contributed by atoms with Crippen LogP contribution >= 0.6 is 0 Å². The zero-order valence-corrected chi connectivity index (χ0v) is 10.6. The third-order valence-corrected chi connectivity index (χ3v) is 3.64. The summed E-state index contributed by atoms with van der Waals surface area (Å²) in [5.41, 5.74) is 9.26. The van der Waals surface area contributed by atoms with E-state index in [1.807, 2.05) is 18.2 Å². The first-order chi connectivity index (χ1) is 9.28. The Kier molecular flexibility index (Phi) is 3.27. The van der Waals surface area contributed by atoms with Gasteiger partial charge in [0, 0.05) is 38.1 Å². The molecule has 19 heavy (non-hydrogen) atoms. The Balaban J connectivity index is 1.85. The molecule has 4 heteroatoms. The lowest BCUT2D eigenvalue weighted by atomic mass is 10.0. The van der Waals surface area contributed by atoms with Crippen molar-refractivity contribution in [1.29, 1.82) is 0 Å². The highest BCUT2D eigenvalue weighted by Gasteiger charge is 2.29. The normalized spacial score (nSPS) is 18.5. The molecule has 3 rings (SSSR count). The SMILES string of the molecule is NCC1c2cc(F)ccc2CN1Cc1ccncc1. The topological polar surface area (TPSA) is 42.1 Å². The Morgan fingerprint density at radius 2 is 2.05 bits per heavy atom. The van der Waals surface area contributed by atoms with E-state index in [2.05, 4.69) is 9.88 Å². The molecule has 1 unspecified atom stereocenters. The largest absolute Gasteiger partial charge is 0.329 e. The van der Waals surface area contributed by atoms with Gasteiger partial charge in [0.25, 0.3) is 0 Å². The first-order valence-corrected chi connectivity index (χ1v) is 6.39. The third-order valence-electron chi connectivity index (χ3n) is 3.64. The van der Waals surface area contributed by atoms with E-state index in [-0.39, 0.29) is 11.9 Å². The Morgan fingerprint density at radius 1 is 1.26 bits per heavy atom. The zero-order chi connectivity index (χ0) is 13.2. The van der Waals surface area contributed by atoms with Gasteiger partial charge in [0.05, 0.1) is 0 Å². The van der Waals surface area contributed by atoms with Gasteiger partial charge in [0.1, 0.15) is 5.82 Å². The van der Waals surface area contributed by atoms with E-state index in [4.69, 9.17) is 5.73 Å². The maximum Gasteiger partial charge on any atom is 0.123 e. The first-order valence-electron chi connectivity index (χ1n) is 6.39. The van der Waals surface area contributed by atoms with Crippen molar-refractivity contribution in [2.75, 3.05) is 6.54 Å². The molecule has 1 aromatic heterocycles. The molecule has 98 valence electrons. The summed E-state index contributed by atoms with van der Waals surface area (Å²) >= 11 is 0. The summed E-state index contributed by atoms with van der Waals surface area (Å²) in [7, 11) is 0. The van der Waals surface area contributed by atoms with Gasteiger partial charge in [0.2, 0.25) is 0 Å². The maximum atomic E-state index is 13.4. The molecule has 3 nitrogen and oxygen atoms in total. The molecule has 2 heterocycles. The van der Waals surface area contributed by atoms with Gasteiger partial charge in [-0.15, -0.1) is 0 Å². The van der Waals surface area contributed by atoms with E-state index < -0.39 is 0 Å². The molecule has 0 saturated heterocycles. The van der Waals surface area contributed by atoms with Crippen LogP contribution in [0, 0.1) is 5.82 Å². The minimum atomic E-state index is -0.192. The van der Waals surface area contributed by atoms with Gasteiger partial charge in [-0.05, 0) is 41.0 Å². The molecule has 0 fully saturated rings. The van der Waals surface area contributed by atoms with Gasteiger partial charge in [-0.3, -0.25) is 9.88 Å². The molecule has 0 bridgehead atoms. The van der Waals surface area contributed by atoms with E-state index in [0.717, 1.165) is 18.7 Å². The van der Waals surface area contributed by atoms with Crippen molar-refractivity contribution in [2.45, 2.75) is 19.1 Å². The maximum absolute atomic E-state index is 13.4. The lowest BCUT2D eigenvalue weighted by Crippen LogP contribution is -2.27. The number of fused-ring (bicyclic) bond motifs is 1. The second-order valence-corrected chi connectivity index (χ2v) is 4.86. The standard InChI is InChI=1S/C15H16FN3/c16-13-2-1-12-10-19(15(8-17)14(12)7-13)9-11-3-5-18-6-4-11/h1-7,15H,8-10,17H2. The molecule has 0 aliphatic carbocycles. The second kappa shape index (κ2) is 5.07. The van der Waals surface area contributed by atoms with Crippen LogP contribution in [0.1, 0.15) is 22.7 Å². The lowest BCUT2D eigenvalue weighted by Gasteiger charge is -2.23. The van der Waals surface area contributed by atoms with Crippen LogP contribution in [0.2, 0.25) is 0 Å². The molecular weight excluding hydrogens is 241 g/mol. The van der Waals surface area contributed by atoms with Crippen LogP contribution in [0.3, 0.4) is 0 Å². The van der Waals surface area contributed by atoms with Gasteiger partial charge in [-0.2, -0.15) is 0 Å². The Morgan fingerprint density at radius 3 is 2.79 bits per heavy atom. The van der Waals surface area contributed by atoms with E-state index in [0.29, 0.717) is 6.54 Å². The van der Waals surface area contributed by atoms with Gasteiger partial charge in [0.15, 0.2) is 0 Å². The molecule has 0 radical (unpaired) electrons. The summed E-state index contributed by atoms with van der Waals surface area (Å²) in [4.78, 5) is 6.29. The molecule has 1 aliphatic heterocycles. The van der Waals surface area contributed by atoms with Crippen molar-refractivity contribution in [3.63, 3.8) is 0 Å². The number of aromatic nitrogens is 1. The molecule has 0 amide bonds. The van der Waals surface area contributed by atoms with Crippen LogP contribution in [-0.2, 0) is 13.1 Å². The molecule has 1 aliphatic rings. The predicted octanol–water partition coefficient (Wildman–Crippen LogP) is 2.24.